The van der Waals surface area contributed by atoms with Crippen LogP contribution < -0.4 is 0 Å². The Bertz CT molecular complexity index is 560. The van der Waals surface area contributed by atoms with Crippen molar-refractivity contribution in [3.63, 3.8) is 0 Å². The quantitative estimate of drug-likeness (QED) is 0.829. The van der Waals surface area contributed by atoms with Crippen molar-refractivity contribution < 1.29 is 10.2 Å². The molecule has 0 heterocycles. The topological polar surface area (TPSA) is 43.7 Å². The molecule has 2 aromatic carbocycles. The van der Waals surface area contributed by atoms with Crippen LogP contribution in [-0.2, 0) is 13.1 Å². The van der Waals surface area contributed by atoms with Crippen LogP contribution in [0.4, 0.5) is 0 Å². The highest BCUT2D eigenvalue weighted by atomic mass is 16.3. The summed E-state index contributed by atoms with van der Waals surface area (Å²) in [5, 5.41) is 20.9. The molecule has 0 bridgehead atoms. The van der Waals surface area contributed by atoms with Gasteiger partial charge in [0, 0.05) is 19.1 Å². The molecule has 1 saturated carbocycles. The SMILES string of the molecule is O[C@H]1[C@H](N(Cc2ccccc2)Cc2ccccc2)CCCC[C@@H]1O. The van der Waals surface area contributed by atoms with E-state index in [1.165, 1.54) is 11.1 Å². The van der Waals surface area contributed by atoms with Crippen LogP contribution in [0.25, 0.3) is 0 Å². The highest BCUT2D eigenvalue weighted by molar-refractivity contribution is 5.17. The van der Waals surface area contributed by atoms with Crippen LogP contribution in [-0.4, -0.2) is 33.4 Å². The monoisotopic (exact) mass is 325 g/mol. The Hall–Kier alpha value is -1.68. The first-order chi connectivity index (χ1) is 11.7. The summed E-state index contributed by atoms with van der Waals surface area (Å²) in [4.78, 5) is 2.32. The van der Waals surface area contributed by atoms with Crippen LogP contribution in [0.2, 0.25) is 0 Å². The van der Waals surface area contributed by atoms with Gasteiger partial charge >= 0.3 is 0 Å². The average molecular weight is 325 g/mol. The molecule has 3 nitrogen and oxygen atoms in total. The fourth-order valence-corrected chi connectivity index (χ4v) is 3.63. The van der Waals surface area contributed by atoms with Crippen molar-refractivity contribution in [2.24, 2.45) is 0 Å². The molecule has 2 N–H and O–H groups in total. The molecule has 2 aromatic rings. The van der Waals surface area contributed by atoms with E-state index < -0.39 is 12.2 Å². The van der Waals surface area contributed by atoms with Gasteiger partial charge in [-0.05, 0) is 24.0 Å². The largest absolute Gasteiger partial charge is 0.390 e. The first-order valence-electron chi connectivity index (χ1n) is 8.92. The molecule has 128 valence electrons. The van der Waals surface area contributed by atoms with Crippen molar-refractivity contribution in [3.05, 3.63) is 71.8 Å². The minimum absolute atomic E-state index is 0.0112. The van der Waals surface area contributed by atoms with Crippen LogP contribution in [0.1, 0.15) is 36.8 Å². The van der Waals surface area contributed by atoms with E-state index in [1.807, 2.05) is 36.4 Å². The highest BCUT2D eigenvalue weighted by Crippen LogP contribution is 2.26. The molecule has 3 atom stereocenters. The predicted molar refractivity (Wildman–Crippen MR) is 96.4 cm³/mol. The maximum Gasteiger partial charge on any atom is 0.0953 e. The minimum Gasteiger partial charge on any atom is -0.390 e. The van der Waals surface area contributed by atoms with E-state index in [0.29, 0.717) is 6.42 Å². The molecular formula is C21H27NO2. The maximum atomic E-state index is 10.7. The second-order valence-electron chi connectivity index (χ2n) is 6.79. The van der Waals surface area contributed by atoms with Gasteiger partial charge in [-0.3, -0.25) is 4.90 Å². The fraction of sp³-hybridized carbons (Fsp3) is 0.429. The van der Waals surface area contributed by atoms with Crippen molar-refractivity contribution in [2.45, 2.75) is 57.0 Å². The Labute approximate surface area is 144 Å². The number of nitrogens with zero attached hydrogens (tertiary/aromatic N) is 1. The predicted octanol–water partition coefficient (Wildman–Crippen LogP) is 3.35. The molecular weight excluding hydrogens is 298 g/mol. The summed E-state index contributed by atoms with van der Waals surface area (Å²) < 4.78 is 0. The molecule has 3 rings (SSSR count). The first-order valence-corrected chi connectivity index (χ1v) is 8.92. The van der Waals surface area contributed by atoms with Gasteiger partial charge < -0.3 is 10.2 Å². The van der Waals surface area contributed by atoms with E-state index in [-0.39, 0.29) is 6.04 Å². The molecule has 0 spiro atoms. The summed E-state index contributed by atoms with van der Waals surface area (Å²) >= 11 is 0. The van der Waals surface area contributed by atoms with Crippen molar-refractivity contribution in [1.29, 1.82) is 0 Å². The Morgan fingerprint density at radius 1 is 0.750 bits per heavy atom. The van der Waals surface area contributed by atoms with Crippen molar-refractivity contribution in [1.82, 2.24) is 4.90 Å². The molecule has 24 heavy (non-hydrogen) atoms. The zero-order chi connectivity index (χ0) is 16.8. The Balaban J connectivity index is 1.82. The summed E-state index contributed by atoms with van der Waals surface area (Å²) in [5.74, 6) is 0. The average Bonchev–Trinajstić information content (AvgIpc) is 2.78. The molecule has 0 aliphatic heterocycles. The highest BCUT2D eigenvalue weighted by Gasteiger charge is 2.32. The van der Waals surface area contributed by atoms with E-state index in [0.717, 1.165) is 32.4 Å². The molecule has 0 amide bonds. The van der Waals surface area contributed by atoms with Gasteiger partial charge in [0.25, 0.3) is 0 Å². The number of aliphatic hydroxyl groups excluding tert-OH is 2. The number of hydrogen-bond acceptors (Lipinski definition) is 3. The third kappa shape index (κ3) is 4.44. The number of benzene rings is 2. The summed E-state index contributed by atoms with van der Waals surface area (Å²) in [6, 6.07) is 20.7. The summed E-state index contributed by atoms with van der Waals surface area (Å²) in [6.45, 7) is 1.56. The van der Waals surface area contributed by atoms with Gasteiger partial charge in [-0.2, -0.15) is 0 Å². The molecule has 1 aliphatic rings. The third-order valence-electron chi connectivity index (χ3n) is 4.96. The molecule has 1 fully saturated rings. The minimum atomic E-state index is -0.681. The lowest BCUT2D eigenvalue weighted by atomic mass is 10.00. The van der Waals surface area contributed by atoms with Gasteiger partial charge in [0.05, 0.1) is 12.2 Å². The summed E-state index contributed by atoms with van der Waals surface area (Å²) in [6.07, 6.45) is 2.37. The van der Waals surface area contributed by atoms with Crippen molar-refractivity contribution in [2.75, 3.05) is 0 Å². The van der Waals surface area contributed by atoms with E-state index in [1.54, 1.807) is 0 Å². The molecule has 3 heteroatoms. The molecule has 0 unspecified atom stereocenters. The number of hydrogen-bond donors (Lipinski definition) is 2. The summed E-state index contributed by atoms with van der Waals surface area (Å²) in [5.41, 5.74) is 2.47. The van der Waals surface area contributed by atoms with E-state index in [2.05, 4.69) is 29.2 Å². The Morgan fingerprint density at radius 2 is 1.25 bits per heavy atom. The van der Waals surface area contributed by atoms with E-state index in [9.17, 15) is 10.2 Å². The lowest BCUT2D eigenvalue weighted by Crippen LogP contribution is -2.47. The van der Waals surface area contributed by atoms with Gasteiger partial charge in [-0.15, -0.1) is 0 Å². The van der Waals surface area contributed by atoms with Gasteiger partial charge in [-0.25, -0.2) is 0 Å². The lowest BCUT2D eigenvalue weighted by Gasteiger charge is -2.35. The molecule has 0 aromatic heterocycles. The molecule has 1 aliphatic carbocycles. The third-order valence-corrected chi connectivity index (χ3v) is 4.96. The number of rotatable bonds is 5. The Kier molecular flexibility index (Phi) is 6.02. The second kappa shape index (κ2) is 8.43. The zero-order valence-corrected chi connectivity index (χ0v) is 14.1. The normalized spacial score (nSPS) is 24.7. The fourth-order valence-electron chi connectivity index (χ4n) is 3.63. The van der Waals surface area contributed by atoms with Crippen LogP contribution in [0.3, 0.4) is 0 Å². The zero-order valence-electron chi connectivity index (χ0n) is 14.1. The second-order valence-corrected chi connectivity index (χ2v) is 6.79. The smallest absolute Gasteiger partial charge is 0.0953 e. The van der Waals surface area contributed by atoms with Crippen molar-refractivity contribution >= 4 is 0 Å². The van der Waals surface area contributed by atoms with E-state index >= 15 is 0 Å². The van der Waals surface area contributed by atoms with Crippen LogP contribution >= 0.6 is 0 Å². The molecule has 0 saturated heterocycles. The standard InChI is InChI=1S/C21H27NO2/c23-20-14-8-7-13-19(21(20)24)22(15-17-9-3-1-4-10-17)16-18-11-5-2-6-12-18/h1-6,9-12,19-21,23-24H,7-8,13-16H2/t19-,20+,21+/m1/s1. The van der Waals surface area contributed by atoms with Gasteiger partial charge in [-0.1, -0.05) is 73.5 Å². The van der Waals surface area contributed by atoms with E-state index in [4.69, 9.17) is 0 Å². The van der Waals surface area contributed by atoms with Gasteiger partial charge in [0.1, 0.15) is 0 Å². The first kappa shape index (κ1) is 17.2. The number of aliphatic hydroxyl groups is 2. The van der Waals surface area contributed by atoms with Crippen molar-refractivity contribution in [3.8, 4) is 0 Å². The molecule has 0 radical (unpaired) electrons. The van der Waals surface area contributed by atoms with Crippen LogP contribution in [0.5, 0.6) is 0 Å². The van der Waals surface area contributed by atoms with Gasteiger partial charge in [0.2, 0.25) is 0 Å². The Morgan fingerprint density at radius 3 is 1.79 bits per heavy atom. The van der Waals surface area contributed by atoms with Gasteiger partial charge in [0.15, 0.2) is 0 Å². The lowest BCUT2D eigenvalue weighted by molar-refractivity contribution is -0.0407. The summed E-state index contributed by atoms with van der Waals surface area (Å²) in [7, 11) is 0. The van der Waals surface area contributed by atoms with Crippen LogP contribution in [0.15, 0.2) is 60.7 Å². The maximum absolute atomic E-state index is 10.7. The van der Waals surface area contributed by atoms with Crippen LogP contribution in [0, 0.1) is 0 Å².